The first-order valence-corrected chi connectivity index (χ1v) is 13.6. The lowest BCUT2D eigenvalue weighted by molar-refractivity contribution is -0.128. The summed E-state index contributed by atoms with van der Waals surface area (Å²) in [5.74, 6) is -0.814. The summed E-state index contributed by atoms with van der Waals surface area (Å²) in [4.78, 5) is 41.1. The molecule has 202 valence electrons. The van der Waals surface area contributed by atoms with Gasteiger partial charge in [-0.1, -0.05) is 67.4 Å². The minimum atomic E-state index is -1.000. The summed E-state index contributed by atoms with van der Waals surface area (Å²) in [7, 11) is 0. The second kappa shape index (κ2) is 14.6. The number of carbonyl (C=O) groups excluding carboxylic acids is 2. The highest BCUT2D eigenvalue weighted by Crippen LogP contribution is 2.21. The van der Waals surface area contributed by atoms with E-state index in [0.717, 1.165) is 29.8 Å². The number of thiol groups is 1. The molecule has 38 heavy (non-hydrogen) atoms. The zero-order chi connectivity index (χ0) is 27.5. The first kappa shape index (κ1) is 29.3. The van der Waals surface area contributed by atoms with Crippen LogP contribution in [0.1, 0.15) is 52.8 Å². The number of carboxylic acids is 1. The third-order valence-electron chi connectivity index (χ3n) is 6.16. The van der Waals surface area contributed by atoms with Crippen molar-refractivity contribution < 1.29 is 19.5 Å². The maximum Gasteiger partial charge on any atom is 0.335 e. The Labute approximate surface area is 233 Å². The monoisotopic (exact) mass is 556 g/mol. The smallest absolute Gasteiger partial charge is 0.335 e. The highest BCUT2D eigenvalue weighted by atomic mass is 35.5. The molecule has 8 nitrogen and oxygen atoms in total. The van der Waals surface area contributed by atoms with E-state index in [1.807, 2.05) is 41.0 Å². The Bertz CT molecular complexity index is 1250. The Kier molecular flexibility index (Phi) is 11.2. The largest absolute Gasteiger partial charge is 0.478 e. The molecule has 1 unspecified atom stereocenters. The van der Waals surface area contributed by atoms with Gasteiger partial charge < -0.3 is 20.3 Å². The van der Waals surface area contributed by atoms with Gasteiger partial charge in [-0.25, -0.2) is 9.78 Å². The molecule has 3 aromatic rings. The van der Waals surface area contributed by atoms with Crippen LogP contribution in [0.3, 0.4) is 0 Å². The predicted octanol–water partition coefficient (Wildman–Crippen LogP) is 4.15. The Morgan fingerprint density at radius 3 is 2.50 bits per heavy atom. The van der Waals surface area contributed by atoms with E-state index in [1.165, 1.54) is 6.07 Å². The zero-order valence-electron chi connectivity index (χ0n) is 21.3. The minimum absolute atomic E-state index is 0.116. The van der Waals surface area contributed by atoms with E-state index in [2.05, 4.69) is 35.2 Å². The van der Waals surface area contributed by atoms with E-state index in [0.29, 0.717) is 30.8 Å². The van der Waals surface area contributed by atoms with Crippen LogP contribution in [-0.4, -0.2) is 44.7 Å². The van der Waals surface area contributed by atoms with Crippen LogP contribution < -0.4 is 10.6 Å². The summed E-state index contributed by atoms with van der Waals surface area (Å²) in [6.45, 7) is 2.39. The van der Waals surface area contributed by atoms with Gasteiger partial charge in [0, 0.05) is 18.7 Å². The molecule has 0 fully saturated rings. The number of nitrogens with zero attached hydrogens (tertiary/aromatic N) is 2. The molecule has 1 aromatic heterocycles. The summed E-state index contributed by atoms with van der Waals surface area (Å²) in [5, 5.41) is 15.1. The molecule has 0 saturated carbocycles. The maximum atomic E-state index is 12.6. The SMILES string of the molecule is CCCCc1nc(Cl)c(CNC(=O)CNC(=O)C(CS)Cc2ccccc2)n1Cc1cccc(C(=O)O)c1. The molecule has 1 heterocycles. The number of imidazole rings is 1. The van der Waals surface area contributed by atoms with E-state index in [1.54, 1.807) is 12.1 Å². The fourth-order valence-electron chi connectivity index (χ4n) is 4.07. The number of carboxylic acid groups (broad SMARTS) is 1. The highest BCUT2D eigenvalue weighted by molar-refractivity contribution is 7.80. The number of aryl methyl sites for hydroxylation is 1. The number of carbonyl (C=O) groups is 3. The van der Waals surface area contributed by atoms with Crippen molar-refractivity contribution in [2.45, 2.75) is 45.7 Å². The molecule has 3 rings (SSSR count). The third-order valence-corrected chi connectivity index (χ3v) is 6.91. The molecule has 2 aromatic carbocycles. The molecule has 1 atom stereocenters. The lowest BCUT2D eigenvalue weighted by Gasteiger charge is -2.16. The van der Waals surface area contributed by atoms with E-state index in [9.17, 15) is 19.5 Å². The molecule has 0 radical (unpaired) electrons. The van der Waals surface area contributed by atoms with Crippen molar-refractivity contribution >= 4 is 42.0 Å². The van der Waals surface area contributed by atoms with Crippen molar-refractivity contribution in [3.05, 3.63) is 88.0 Å². The van der Waals surface area contributed by atoms with E-state index in [4.69, 9.17) is 11.6 Å². The Hall–Kier alpha value is -3.30. The molecule has 10 heteroatoms. The molecule has 0 saturated heterocycles. The second-order valence-corrected chi connectivity index (χ2v) is 9.75. The molecule has 0 bridgehead atoms. The van der Waals surface area contributed by atoms with Crippen LogP contribution in [0.2, 0.25) is 5.15 Å². The topological polar surface area (TPSA) is 113 Å². The second-order valence-electron chi connectivity index (χ2n) is 9.02. The number of hydrogen-bond donors (Lipinski definition) is 4. The quantitative estimate of drug-likeness (QED) is 0.223. The van der Waals surface area contributed by atoms with E-state index in [-0.39, 0.29) is 41.5 Å². The average Bonchev–Trinajstić information content (AvgIpc) is 3.21. The highest BCUT2D eigenvalue weighted by Gasteiger charge is 2.20. The van der Waals surface area contributed by atoms with Gasteiger partial charge in [-0.05, 0) is 36.1 Å². The molecule has 0 aliphatic heterocycles. The van der Waals surface area contributed by atoms with Gasteiger partial charge in [0.1, 0.15) is 5.82 Å². The first-order chi connectivity index (χ1) is 18.3. The number of nitrogens with one attached hydrogen (secondary N) is 2. The van der Waals surface area contributed by atoms with Crippen LogP contribution in [0.4, 0.5) is 0 Å². The minimum Gasteiger partial charge on any atom is -0.478 e. The number of rotatable bonds is 14. The van der Waals surface area contributed by atoms with Crippen LogP contribution in [-0.2, 0) is 35.5 Å². The normalized spacial score (nSPS) is 11.7. The summed E-state index contributed by atoms with van der Waals surface area (Å²) in [6.07, 6.45) is 3.12. The van der Waals surface area contributed by atoms with Crippen LogP contribution in [0.15, 0.2) is 54.6 Å². The Morgan fingerprint density at radius 2 is 1.82 bits per heavy atom. The number of aromatic carboxylic acids is 1. The van der Waals surface area contributed by atoms with Gasteiger partial charge in [0.25, 0.3) is 0 Å². The van der Waals surface area contributed by atoms with Crippen LogP contribution >= 0.6 is 24.2 Å². The molecule has 0 aliphatic carbocycles. The fourth-order valence-corrected chi connectivity index (χ4v) is 4.63. The van der Waals surface area contributed by atoms with Gasteiger partial charge in [0.05, 0.1) is 30.3 Å². The van der Waals surface area contributed by atoms with Gasteiger partial charge >= 0.3 is 5.97 Å². The van der Waals surface area contributed by atoms with Crippen molar-refractivity contribution in [1.29, 1.82) is 0 Å². The molecular formula is C28H33ClN4O4S. The lowest BCUT2D eigenvalue weighted by atomic mass is 10.0. The number of aromatic nitrogens is 2. The van der Waals surface area contributed by atoms with Gasteiger partial charge in [-0.3, -0.25) is 9.59 Å². The fraction of sp³-hybridized carbons (Fsp3) is 0.357. The van der Waals surface area contributed by atoms with Crippen molar-refractivity contribution in [1.82, 2.24) is 20.2 Å². The molecule has 0 aliphatic rings. The van der Waals surface area contributed by atoms with Crippen LogP contribution in [0.5, 0.6) is 0 Å². The molecular weight excluding hydrogens is 524 g/mol. The van der Waals surface area contributed by atoms with Gasteiger partial charge in [0.2, 0.25) is 11.8 Å². The standard InChI is InChI=1S/C28H33ClN4O4S/c1-2-3-12-24-32-26(29)23(33(24)17-20-10-7-11-21(14-20)28(36)37)15-30-25(34)16-31-27(35)22(18-38)13-19-8-5-4-6-9-19/h4-11,14,22,38H,2-3,12-13,15-18H2,1H3,(H,30,34)(H,31,35)(H,36,37). The third kappa shape index (κ3) is 8.36. The predicted molar refractivity (Wildman–Crippen MR) is 151 cm³/mol. The van der Waals surface area contributed by atoms with E-state index >= 15 is 0 Å². The van der Waals surface area contributed by atoms with Gasteiger partial charge in [-0.15, -0.1) is 0 Å². The van der Waals surface area contributed by atoms with Crippen molar-refractivity contribution in [2.75, 3.05) is 12.3 Å². The summed E-state index contributed by atoms with van der Waals surface area (Å²) < 4.78 is 1.93. The maximum absolute atomic E-state index is 12.6. The van der Waals surface area contributed by atoms with Crippen molar-refractivity contribution in [2.24, 2.45) is 5.92 Å². The first-order valence-electron chi connectivity index (χ1n) is 12.6. The summed E-state index contributed by atoms with van der Waals surface area (Å²) in [5.41, 5.74) is 2.63. The molecule has 3 N–H and O–H groups in total. The number of benzene rings is 2. The molecule has 2 amide bonds. The summed E-state index contributed by atoms with van der Waals surface area (Å²) in [6, 6.07) is 16.4. The Morgan fingerprint density at radius 1 is 1.08 bits per heavy atom. The van der Waals surface area contributed by atoms with Crippen LogP contribution in [0, 0.1) is 5.92 Å². The van der Waals surface area contributed by atoms with Crippen molar-refractivity contribution in [3.63, 3.8) is 0 Å². The number of halogens is 1. The van der Waals surface area contributed by atoms with E-state index < -0.39 is 5.97 Å². The Balaban J connectivity index is 1.65. The van der Waals surface area contributed by atoms with Crippen molar-refractivity contribution in [3.8, 4) is 0 Å². The lowest BCUT2D eigenvalue weighted by Crippen LogP contribution is -2.40. The zero-order valence-corrected chi connectivity index (χ0v) is 23.0. The van der Waals surface area contributed by atoms with Crippen LogP contribution in [0.25, 0.3) is 0 Å². The molecule has 0 spiro atoms. The number of unbranched alkanes of at least 4 members (excludes halogenated alkanes) is 1. The van der Waals surface area contributed by atoms with Gasteiger partial charge in [-0.2, -0.15) is 12.6 Å². The average molecular weight is 557 g/mol. The summed E-state index contributed by atoms with van der Waals surface area (Å²) >= 11 is 10.8. The van der Waals surface area contributed by atoms with Gasteiger partial charge in [0.15, 0.2) is 5.15 Å². The number of hydrogen-bond acceptors (Lipinski definition) is 5. The number of amides is 2.